The number of carbonyl (C=O) groups is 4. The van der Waals surface area contributed by atoms with Crippen molar-refractivity contribution in [3.8, 4) is 0 Å². The minimum atomic E-state index is -1.59. The summed E-state index contributed by atoms with van der Waals surface area (Å²) in [5.74, 6) is -3.73. The molecule has 0 aliphatic carbocycles. The van der Waals surface area contributed by atoms with Crippen LogP contribution in [-0.2, 0) is 24.7 Å². The highest BCUT2D eigenvalue weighted by Gasteiger charge is 2.69. The van der Waals surface area contributed by atoms with Crippen LogP contribution in [0.2, 0.25) is 0 Å². The SMILES string of the molecule is COC(=O)[C@]1(c2ccccc2)N[C@H](c2ccc(N(C)C)cc2)[C@H]2C(=O)N(c3cccc(C(C)=O)c3)C(=O)[C@@H]21. The number of anilines is 2. The number of fused-ring (bicyclic) bond motifs is 1. The van der Waals surface area contributed by atoms with Crippen LogP contribution in [0, 0.1) is 11.8 Å². The summed E-state index contributed by atoms with van der Waals surface area (Å²) in [6.07, 6.45) is 0. The first-order valence-corrected chi connectivity index (χ1v) is 12.4. The van der Waals surface area contributed by atoms with Crippen LogP contribution in [0.4, 0.5) is 11.4 Å². The van der Waals surface area contributed by atoms with Gasteiger partial charge >= 0.3 is 5.97 Å². The zero-order valence-electron chi connectivity index (χ0n) is 21.7. The number of esters is 1. The van der Waals surface area contributed by atoms with Gasteiger partial charge in [0.1, 0.15) is 0 Å². The van der Waals surface area contributed by atoms with Crippen molar-refractivity contribution in [3.05, 3.63) is 95.6 Å². The summed E-state index contributed by atoms with van der Waals surface area (Å²) in [6, 6.07) is 22.4. The first kappa shape index (κ1) is 25.4. The Bertz CT molecular complexity index is 1420. The molecule has 4 atom stereocenters. The third-order valence-electron chi connectivity index (χ3n) is 7.58. The number of nitrogens with one attached hydrogen (secondary N) is 1. The Morgan fingerprint density at radius 2 is 1.61 bits per heavy atom. The summed E-state index contributed by atoms with van der Waals surface area (Å²) < 4.78 is 5.28. The second-order valence-electron chi connectivity index (χ2n) is 9.90. The van der Waals surface area contributed by atoms with Crippen LogP contribution < -0.4 is 15.1 Å². The van der Waals surface area contributed by atoms with Crippen LogP contribution in [0.25, 0.3) is 0 Å². The molecule has 0 radical (unpaired) electrons. The number of amides is 2. The minimum Gasteiger partial charge on any atom is -0.467 e. The molecule has 0 aromatic heterocycles. The third-order valence-corrected chi connectivity index (χ3v) is 7.58. The van der Waals surface area contributed by atoms with Gasteiger partial charge in [-0.1, -0.05) is 54.6 Å². The Labute approximate surface area is 221 Å². The topological polar surface area (TPSA) is 96.0 Å². The largest absolute Gasteiger partial charge is 0.467 e. The van der Waals surface area contributed by atoms with Gasteiger partial charge in [0, 0.05) is 31.4 Å². The number of rotatable bonds is 6. The highest BCUT2D eigenvalue weighted by molar-refractivity contribution is 6.24. The molecule has 2 aliphatic heterocycles. The van der Waals surface area contributed by atoms with Crippen molar-refractivity contribution in [2.75, 3.05) is 31.0 Å². The lowest BCUT2D eigenvalue weighted by molar-refractivity contribution is -0.152. The lowest BCUT2D eigenvalue weighted by Crippen LogP contribution is -2.53. The molecular weight excluding hydrogens is 482 g/mol. The number of imide groups is 1. The molecule has 5 rings (SSSR count). The fourth-order valence-electron chi connectivity index (χ4n) is 5.72. The predicted octanol–water partition coefficient (Wildman–Crippen LogP) is 3.47. The van der Waals surface area contributed by atoms with Gasteiger partial charge in [-0.3, -0.25) is 19.7 Å². The standard InChI is InChI=1S/C30H29N3O5/c1-18(34)20-9-8-12-23(17-20)33-27(35)24-25(28(33)36)30(29(37)38-4,21-10-6-5-7-11-21)31-26(24)19-13-15-22(16-14-19)32(2)3/h5-17,24-26,31H,1-4H3/t24-,25+,26+,30+/m0/s1. The van der Waals surface area contributed by atoms with Crippen LogP contribution in [0.5, 0.6) is 0 Å². The van der Waals surface area contributed by atoms with E-state index in [2.05, 4.69) is 5.32 Å². The van der Waals surface area contributed by atoms with Crippen molar-refractivity contribution in [2.45, 2.75) is 18.5 Å². The van der Waals surface area contributed by atoms with E-state index in [-0.39, 0.29) is 5.78 Å². The highest BCUT2D eigenvalue weighted by atomic mass is 16.5. The molecule has 2 heterocycles. The van der Waals surface area contributed by atoms with Gasteiger partial charge in [0.15, 0.2) is 11.3 Å². The van der Waals surface area contributed by atoms with E-state index in [1.165, 1.54) is 20.1 Å². The summed E-state index contributed by atoms with van der Waals surface area (Å²) in [6.45, 7) is 1.43. The summed E-state index contributed by atoms with van der Waals surface area (Å²) in [7, 11) is 5.14. The number of methoxy groups -OCH3 is 1. The first-order chi connectivity index (χ1) is 18.2. The van der Waals surface area contributed by atoms with E-state index in [1.54, 1.807) is 42.5 Å². The molecule has 8 heteroatoms. The molecule has 2 saturated heterocycles. The van der Waals surface area contributed by atoms with Gasteiger partial charge in [-0.05, 0) is 42.3 Å². The number of ether oxygens (including phenoxy) is 1. The fraction of sp³-hybridized carbons (Fsp3) is 0.267. The Morgan fingerprint density at radius 3 is 2.21 bits per heavy atom. The molecule has 3 aromatic rings. The first-order valence-electron chi connectivity index (χ1n) is 12.4. The van der Waals surface area contributed by atoms with E-state index in [0.717, 1.165) is 16.2 Å². The molecule has 2 fully saturated rings. The molecule has 0 bridgehead atoms. The van der Waals surface area contributed by atoms with Gasteiger partial charge in [-0.15, -0.1) is 0 Å². The quantitative estimate of drug-likeness (QED) is 0.308. The number of nitrogens with zero attached hydrogens (tertiary/aromatic N) is 2. The van der Waals surface area contributed by atoms with E-state index in [4.69, 9.17) is 4.74 Å². The smallest absolute Gasteiger partial charge is 0.331 e. The Hall–Kier alpha value is -4.30. The van der Waals surface area contributed by atoms with Crippen LogP contribution >= 0.6 is 0 Å². The van der Waals surface area contributed by atoms with E-state index >= 15 is 0 Å². The Morgan fingerprint density at radius 1 is 0.921 bits per heavy atom. The monoisotopic (exact) mass is 511 g/mol. The van der Waals surface area contributed by atoms with Gasteiger partial charge < -0.3 is 9.64 Å². The molecule has 38 heavy (non-hydrogen) atoms. The molecule has 0 spiro atoms. The molecule has 2 aliphatic rings. The third kappa shape index (κ3) is 3.80. The number of Topliss-reactive ketones (excluding diaryl/α,β-unsaturated/α-hetero) is 1. The summed E-state index contributed by atoms with van der Waals surface area (Å²) >= 11 is 0. The second kappa shape index (κ2) is 9.54. The second-order valence-corrected chi connectivity index (χ2v) is 9.90. The van der Waals surface area contributed by atoms with Crippen LogP contribution in [-0.4, -0.2) is 44.8 Å². The van der Waals surface area contributed by atoms with E-state index in [9.17, 15) is 19.2 Å². The maximum atomic E-state index is 14.2. The molecule has 0 saturated carbocycles. The van der Waals surface area contributed by atoms with Gasteiger partial charge in [-0.2, -0.15) is 0 Å². The Balaban J connectivity index is 1.70. The fourth-order valence-corrected chi connectivity index (χ4v) is 5.72. The summed E-state index contributed by atoms with van der Waals surface area (Å²) in [5.41, 5.74) is 1.38. The van der Waals surface area contributed by atoms with E-state index < -0.39 is 41.2 Å². The maximum Gasteiger partial charge on any atom is 0.331 e. The van der Waals surface area contributed by atoms with E-state index in [0.29, 0.717) is 16.8 Å². The number of ketones is 1. The van der Waals surface area contributed by atoms with Gasteiger partial charge in [0.05, 0.1) is 24.6 Å². The highest BCUT2D eigenvalue weighted by Crippen LogP contribution is 2.54. The molecule has 0 unspecified atom stereocenters. The van der Waals surface area contributed by atoms with Crippen LogP contribution in [0.1, 0.15) is 34.5 Å². The number of benzene rings is 3. The summed E-state index contributed by atoms with van der Waals surface area (Å²) in [5, 5.41) is 3.39. The van der Waals surface area contributed by atoms with Crippen LogP contribution in [0.15, 0.2) is 78.9 Å². The number of hydrogen-bond acceptors (Lipinski definition) is 7. The molecule has 8 nitrogen and oxygen atoms in total. The van der Waals surface area contributed by atoms with Gasteiger partial charge in [0.2, 0.25) is 11.8 Å². The molecule has 2 amide bonds. The van der Waals surface area contributed by atoms with Crippen molar-refractivity contribution in [3.63, 3.8) is 0 Å². The zero-order chi connectivity index (χ0) is 27.2. The van der Waals surface area contributed by atoms with Crippen LogP contribution in [0.3, 0.4) is 0 Å². The van der Waals surface area contributed by atoms with E-state index in [1.807, 2.05) is 49.3 Å². The average molecular weight is 512 g/mol. The number of carbonyl (C=O) groups excluding carboxylic acids is 4. The average Bonchev–Trinajstić information content (AvgIpc) is 3.43. The van der Waals surface area contributed by atoms with Crippen molar-refractivity contribution >= 4 is 34.9 Å². The van der Waals surface area contributed by atoms with Gasteiger partial charge in [0.25, 0.3) is 0 Å². The lowest BCUT2D eigenvalue weighted by atomic mass is 9.75. The molecule has 194 valence electrons. The molecular formula is C30H29N3O5. The van der Waals surface area contributed by atoms with Crippen molar-refractivity contribution in [1.82, 2.24) is 5.32 Å². The normalized spacial score (nSPS) is 24.3. The maximum absolute atomic E-state index is 14.2. The van der Waals surface area contributed by atoms with Crippen molar-refractivity contribution in [2.24, 2.45) is 11.8 Å². The predicted molar refractivity (Wildman–Crippen MR) is 143 cm³/mol. The number of hydrogen-bond donors (Lipinski definition) is 1. The lowest BCUT2D eigenvalue weighted by Gasteiger charge is -2.33. The Kier molecular flexibility index (Phi) is 6.36. The van der Waals surface area contributed by atoms with Gasteiger partial charge in [-0.25, -0.2) is 9.69 Å². The minimum absolute atomic E-state index is 0.181. The zero-order valence-corrected chi connectivity index (χ0v) is 21.7. The van der Waals surface area contributed by atoms with Crippen molar-refractivity contribution < 1.29 is 23.9 Å². The summed E-state index contributed by atoms with van der Waals surface area (Å²) in [4.78, 5) is 57.0. The molecule has 1 N–H and O–H groups in total. The molecule has 3 aromatic carbocycles. The van der Waals surface area contributed by atoms with Crippen molar-refractivity contribution in [1.29, 1.82) is 0 Å².